The largest absolute Gasteiger partial charge is 0.308 e. The van der Waals surface area contributed by atoms with Crippen LogP contribution in [0.2, 0.25) is 0 Å². The molecule has 16 heavy (non-hydrogen) atoms. The second-order valence-corrected chi connectivity index (χ2v) is 4.40. The van der Waals surface area contributed by atoms with Crippen molar-refractivity contribution in [3.05, 3.63) is 47.1 Å². The molecule has 0 bridgehead atoms. The Labute approximate surface area is 98.8 Å². The van der Waals surface area contributed by atoms with Crippen LogP contribution in [0.1, 0.15) is 33.6 Å². The molecule has 0 amide bonds. The standard InChI is InChI=1S/C15H21N/c1-4-12(2)8-9-14-10-13(3)6-5-7-15(14)11-16/h5,7-12,16H,4,6H2,1-3H3/b9-8-,16-11?. The van der Waals surface area contributed by atoms with Gasteiger partial charge in [-0.2, -0.15) is 0 Å². The second kappa shape index (κ2) is 6.26. The maximum atomic E-state index is 7.42. The minimum Gasteiger partial charge on any atom is -0.308 e. The smallest absolute Gasteiger partial charge is 0.0256 e. The van der Waals surface area contributed by atoms with E-state index in [1.165, 1.54) is 11.8 Å². The normalized spacial score (nSPS) is 18.6. The van der Waals surface area contributed by atoms with E-state index in [0.29, 0.717) is 5.92 Å². The van der Waals surface area contributed by atoms with Crippen molar-refractivity contribution < 1.29 is 0 Å². The predicted molar refractivity (Wildman–Crippen MR) is 71.9 cm³/mol. The average molecular weight is 215 g/mol. The Morgan fingerprint density at radius 1 is 1.44 bits per heavy atom. The van der Waals surface area contributed by atoms with Gasteiger partial charge in [0.25, 0.3) is 0 Å². The van der Waals surface area contributed by atoms with Crippen molar-refractivity contribution >= 4 is 6.21 Å². The van der Waals surface area contributed by atoms with Crippen molar-refractivity contribution in [1.82, 2.24) is 0 Å². The molecule has 1 heteroatoms. The van der Waals surface area contributed by atoms with Crippen LogP contribution in [0.15, 0.2) is 47.1 Å². The molecule has 1 unspecified atom stereocenters. The SMILES string of the molecule is CCC(C)/C=C\C1=C(C=N)C=CCC(C)=C1. The molecular formula is C15H21N. The zero-order chi connectivity index (χ0) is 12.0. The van der Waals surface area contributed by atoms with E-state index < -0.39 is 0 Å². The second-order valence-electron chi connectivity index (χ2n) is 4.40. The van der Waals surface area contributed by atoms with Gasteiger partial charge in [0.15, 0.2) is 0 Å². The molecule has 0 saturated heterocycles. The lowest BCUT2D eigenvalue weighted by Gasteiger charge is -2.02. The van der Waals surface area contributed by atoms with E-state index in [1.54, 1.807) is 0 Å². The lowest BCUT2D eigenvalue weighted by atomic mass is 10.0. The molecule has 0 aromatic heterocycles. The molecule has 86 valence electrons. The molecule has 1 aliphatic rings. The van der Waals surface area contributed by atoms with E-state index >= 15 is 0 Å². The molecular weight excluding hydrogens is 194 g/mol. The molecule has 0 spiro atoms. The van der Waals surface area contributed by atoms with Gasteiger partial charge in [-0.1, -0.05) is 56.2 Å². The summed E-state index contributed by atoms with van der Waals surface area (Å²) in [7, 11) is 0. The fourth-order valence-corrected chi connectivity index (χ4v) is 1.56. The van der Waals surface area contributed by atoms with Crippen LogP contribution >= 0.6 is 0 Å². The Morgan fingerprint density at radius 3 is 2.81 bits per heavy atom. The van der Waals surface area contributed by atoms with Crippen LogP contribution in [0.3, 0.4) is 0 Å². The minimum absolute atomic E-state index is 0.598. The molecule has 0 aromatic carbocycles. The number of allylic oxidation sites excluding steroid dienone is 8. The van der Waals surface area contributed by atoms with Gasteiger partial charge < -0.3 is 5.41 Å². The molecule has 1 rings (SSSR count). The Hall–Kier alpha value is -1.37. The van der Waals surface area contributed by atoms with E-state index in [2.05, 4.69) is 45.1 Å². The highest BCUT2D eigenvalue weighted by Gasteiger charge is 2.01. The fourth-order valence-electron chi connectivity index (χ4n) is 1.56. The van der Waals surface area contributed by atoms with Gasteiger partial charge in [0, 0.05) is 6.21 Å². The monoisotopic (exact) mass is 215 g/mol. The van der Waals surface area contributed by atoms with Crippen LogP contribution in [0, 0.1) is 11.3 Å². The highest BCUT2D eigenvalue weighted by molar-refractivity contribution is 5.83. The van der Waals surface area contributed by atoms with Gasteiger partial charge in [-0.15, -0.1) is 0 Å². The third-order valence-corrected chi connectivity index (χ3v) is 2.88. The van der Waals surface area contributed by atoms with Crippen LogP contribution in [0.4, 0.5) is 0 Å². The average Bonchev–Trinajstić information content (AvgIpc) is 2.47. The lowest BCUT2D eigenvalue weighted by Crippen LogP contribution is -1.88. The summed E-state index contributed by atoms with van der Waals surface area (Å²) in [5, 5.41) is 7.42. The van der Waals surface area contributed by atoms with Crippen LogP contribution in [0.25, 0.3) is 0 Å². The molecule has 1 atom stereocenters. The molecule has 1 nitrogen and oxygen atoms in total. The molecule has 0 radical (unpaired) electrons. The van der Waals surface area contributed by atoms with Crippen molar-refractivity contribution in [3.8, 4) is 0 Å². The predicted octanol–water partition coefficient (Wildman–Crippen LogP) is 4.44. The van der Waals surface area contributed by atoms with Crippen molar-refractivity contribution in [2.45, 2.75) is 33.6 Å². The van der Waals surface area contributed by atoms with Gasteiger partial charge in [0.05, 0.1) is 0 Å². The van der Waals surface area contributed by atoms with Crippen molar-refractivity contribution in [2.75, 3.05) is 0 Å². The van der Waals surface area contributed by atoms with E-state index in [-0.39, 0.29) is 0 Å². The first-order valence-electron chi connectivity index (χ1n) is 5.94. The maximum Gasteiger partial charge on any atom is 0.0256 e. The maximum absolute atomic E-state index is 7.42. The third kappa shape index (κ3) is 3.65. The Morgan fingerprint density at radius 2 is 2.19 bits per heavy atom. The van der Waals surface area contributed by atoms with Gasteiger partial charge in [-0.05, 0) is 30.4 Å². The van der Waals surface area contributed by atoms with Crippen LogP contribution in [-0.4, -0.2) is 6.21 Å². The highest BCUT2D eigenvalue weighted by atomic mass is 14.3. The fraction of sp³-hybridized carbons (Fsp3) is 0.400. The Bertz CT molecular complexity index is 367. The van der Waals surface area contributed by atoms with Gasteiger partial charge in [-0.25, -0.2) is 0 Å². The molecule has 0 heterocycles. The molecule has 0 aromatic rings. The summed E-state index contributed by atoms with van der Waals surface area (Å²) in [5.74, 6) is 0.598. The van der Waals surface area contributed by atoms with Gasteiger partial charge in [0.1, 0.15) is 0 Å². The van der Waals surface area contributed by atoms with E-state index in [9.17, 15) is 0 Å². The zero-order valence-corrected chi connectivity index (χ0v) is 10.5. The number of rotatable bonds is 4. The number of nitrogens with one attached hydrogen (secondary N) is 1. The topological polar surface area (TPSA) is 23.9 Å². The molecule has 0 saturated carbocycles. The molecule has 0 aliphatic heterocycles. The lowest BCUT2D eigenvalue weighted by molar-refractivity contribution is 0.698. The van der Waals surface area contributed by atoms with Gasteiger partial charge in [0.2, 0.25) is 0 Å². The Kier molecular flexibility index (Phi) is 4.97. The van der Waals surface area contributed by atoms with Gasteiger partial charge >= 0.3 is 0 Å². The van der Waals surface area contributed by atoms with Crippen molar-refractivity contribution in [2.24, 2.45) is 5.92 Å². The summed E-state index contributed by atoms with van der Waals surface area (Å²) in [6, 6.07) is 0. The summed E-state index contributed by atoms with van der Waals surface area (Å²) < 4.78 is 0. The summed E-state index contributed by atoms with van der Waals surface area (Å²) >= 11 is 0. The van der Waals surface area contributed by atoms with E-state index in [1.807, 2.05) is 6.08 Å². The first kappa shape index (κ1) is 12.7. The summed E-state index contributed by atoms with van der Waals surface area (Å²) in [6.45, 7) is 6.54. The van der Waals surface area contributed by atoms with Gasteiger partial charge in [-0.3, -0.25) is 0 Å². The quantitative estimate of drug-likeness (QED) is 0.670. The molecule has 1 N–H and O–H groups in total. The van der Waals surface area contributed by atoms with E-state index in [4.69, 9.17) is 5.41 Å². The molecule has 0 fully saturated rings. The first-order valence-corrected chi connectivity index (χ1v) is 5.94. The third-order valence-electron chi connectivity index (χ3n) is 2.88. The summed E-state index contributed by atoms with van der Waals surface area (Å²) in [5.41, 5.74) is 3.50. The van der Waals surface area contributed by atoms with Crippen molar-refractivity contribution in [1.29, 1.82) is 5.41 Å². The zero-order valence-electron chi connectivity index (χ0n) is 10.5. The van der Waals surface area contributed by atoms with Crippen molar-refractivity contribution in [3.63, 3.8) is 0 Å². The highest BCUT2D eigenvalue weighted by Crippen LogP contribution is 2.18. The number of hydrogen-bond donors (Lipinski definition) is 1. The number of hydrogen-bond acceptors (Lipinski definition) is 1. The minimum atomic E-state index is 0.598. The molecule has 1 aliphatic carbocycles. The van der Waals surface area contributed by atoms with Crippen LogP contribution in [-0.2, 0) is 0 Å². The van der Waals surface area contributed by atoms with E-state index in [0.717, 1.165) is 24.0 Å². The summed E-state index contributed by atoms with van der Waals surface area (Å²) in [4.78, 5) is 0. The summed E-state index contributed by atoms with van der Waals surface area (Å²) in [6.07, 6.45) is 14.3. The van der Waals surface area contributed by atoms with Crippen LogP contribution < -0.4 is 0 Å². The first-order chi connectivity index (χ1) is 7.67. The Balaban J connectivity index is 2.99. The van der Waals surface area contributed by atoms with Crippen LogP contribution in [0.5, 0.6) is 0 Å².